The molecule has 6 nitrogen and oxygen atoms in total. The molecule has 0 aliphatic carbocycles. The molecule has 2 atom stereocenters. The number of halogens is 4. The van der Waals surface area contributed by atoms with Gasteiger partial charge in [-0.1, -0.05) is 43.6 Å². The van der Waals surface area contributed by atoms with Crippen molar-refractivity contribution in [2.45, 2.75) is 63.9 Å². The first-order chi connectivity index (χ1) is 16.2. The number of carbonyl (C=O) groups excluding carboxylic acids is 1. The summed E-state index contributed by atoms with van der Waals surface area (Å²) in [7, 11) is -4.13. The molecule has 11 heteroatoms. The summed E-state index contributed by atoms with van der Waals surface area (Å²) in [6, 6.07) is 8.22. The van der Waals surface area contributed by atoms with Crippen molar-refractivity contribution in [1.29, 1.82) is 0 Å². The van der Waals surface area contributed by atoms with Crippen LogP contribution in [0, 0.1) is 0 Å². The van der Waals surface area contributed by atoms with Crippen LogP contribution in [-0.2, 0) is 21.0 Å². The summed E-state index contributed by atoms with van der Waals surface area (Å²) >= 11 is 5.69. The molecule has 0 unspecified atom stereocenters. The van der Waals surface area contributed by atoms with Crippen molar-refractivity contribution in [3.8, 4) is 5.75 Å². The number of rotatable bonds is 7. The fourth-order valence-electron chi connectivity index (χ4n) is 4.40. The Bertz CT molecular complexity index is 1200. The van der Waals surface area contributed by atoms with Crippen LogP contribution in [0.2, 0.25) is 5.02 Å². The zero-order chi connectivity index (χ0) is 26.2. The topological polar surface area (TPSA) is 75.7 Å². The number of nitrogens with zero attached hydrogens (tertiary/aromatic N) is 1. The van der Waals surface area contributed by atoms with E-state index in [0.29, 0.717) is 35.4 Å². The Hall–Kier alpha value is -2.46. The number of amides is 1. The number of fused-ring (bicyclic) bond motifs is 1. The Morgan fingerprint density at radius 2 is 1.86 bits per heavy atom. The molecule has 1 amide bonds. The number of hydrogen-bond acceptors (Lipinski definition) is 4. The van der Waals surface area contributed by atoms with Gasteiger partial charge in [0, 0.05) is 12.0 Å². The third kappa shape index (κ3) is 5.69. The average molecular weight is 533 g/mol. The highest BCUT2D eigenvalue weighted by Gasteiger charge is 2.41. The van der Waals surface area contributed by atoms with Crippen LogP contribution in [0.3, 0.4) is 0 Å². The first kappa shape index (κ1) is 27.1. The first-order valence-corrected chi connectivity index (χ1v) is 13.4. The molecule has 1 aliphatic heterocycles. The molecule has 2 aromatic carbocycles. The van der Waals surface area contributed by atoms with Gasteiger partial charge in [0.1, 0.15) is 17.4 Å². The summed E-state index contributed by atoms with van der Waals surface area (Å²) in [4.78, 5) is 13.3. The van der Waals surface area contributed by atoms with Crippen LogP contribution in [0.4, 0.5) is 18.9 Å². The largest absolute Gasteiger partial charge is 0.487 e. The Balaban J connectivity index is 1.96. The molecule has 192 valence electrons. The van der Waals surface area contributed by atoms with Gasteiger partial charge in [-0.2, -0.15) is 13.2 Å². The third-order valence-corrected chi connectivity index (χ3v) is 7.97. The van der Waals surface area contributed by atoms with Gasteiger partial charge in [-0.05, 0) is 44.0 Å². The van der Waals surface area contributed by atoms with Crippen LogP contribution in [0.5, 0.6) is 5.75 Å². The average Bonchev–Trinajstić information content (AvgIpc) is 2.78. The quantitative estimate of drug-likeness (QED) is 0.495. The van der Waals surface area contributed by atoms with Crippen molar-refractivity contribution >= 4 is 33.2 Å². The molecule has 1 heterocycles. The van der Waals surface area contributed by atoms with Gasteiger partial charge in [0.25, 0.3) is 0 Å². The second-order valence-electron chi connectivity index (χ2n) is 8.69. The van der Waals surface area contributed by atoms with Gasteiger partial charge in [0.15, 0.2) is 0 Å². The second kappa shape index (κ2) is 9.89. The molecule has 0 aromatic heterocycles. The molecule has 3 rings (SSSR count). The lowest BCUT2D eigenvalue weighted by Gasteiger charge is -2.42. The molecule has 1 N–H and O–H groups in total. The first-order valence-electron chi connectivity index (χ1n) is 11.2. The SMILES string of the molecule is CCC1(CC)C[C@H](NC(=O)[C@@H](C)N(c2ccc(Cl)c(C(F)(F)F)c2)S(C)(=O)=O)c2ccccc2O1. The van der Waals surface area contributed by atoms with Gasteiger partial charge in [-0.15, -0.1) is 0 Å². The number of carbonyl (C=O) groups is 1. The second-order valence-corrected chi connectivity index (χ2v) is 11.0. The molecule has 0 fully saturated rings. The van der Waals surface area contributed by atoms with E-state index >= 15 is 0 Å². The number of sulfonamides is 1. The number of para-hydroxylation sites is 1. The van der Waals surface area contributed by atoms with Gasteiger partial charge >= 0.3 is 6.18 Å². The summed E-state index contributed by atoms with van der Waals surface area (Å²) in [6.07, 6.45) is -2.10. The molecule has 0 saturated heterocycles. The van der Waals surface area contributed by atoms with Crippen molar-refractivity contribution in [3.05, 3.63) is 58.6 Å². The molecule has 0 spiro atoms. The monoisotopic (exact) mass is 532 g/mol. The van der Waals surface area contributed by atoms with E-state index in [1.807, 2.05) is 38.1 Å². The lowest BCUT2D eigenvalue weighted by molar-refractivity contribution is -0.137. The number of nitrogens with one attached hydrogen (secondary N) is 1. The number of ether oxygens (including phenoxy) is 1. The molecule has 0 radical (unpaired) electrons. The fraction of sp³-hybridized carbons (Fsp3) is 0.458. The minimum Gasteiger partial charge on any atom is -0.487 e. The van der Waals surface area contributed by atoms with Crippen molar-refractivity contribution < 1.29 is 31.1 Å². The third-order valence-electron chi connectivity index (χ3n) is 6.40. The van der Waals surface area contributed by atoms with Crippen LogP contribution in [0.25, 0.3) is 0 Å². The minimum absolute atomic E-state index is 0.310. The number of hydrogen-bond donors (Lipinski definition) is 1. The summed E-state index contributed by atoms with van der Waals surface area (Å²) < 4.78 is 72.3. The van der Waals surface area contributed by atoms with E-state index in [-0.39, 0.29) is 5.69 Å². The van der Waals surface area contributed by atoms with Crippen molar-refractivity contribution in [2.24, 2.45) is 0 Å². The van der Waals surface area contributed by atoms with Gasteiger partial charge in [0.05, 0.1) is 28.6 Å². The normalized spacial score (nSPS) is 18.2. The maximum absolute atomic E-state index is 13.4. The van der Waals surface area contributed by atoms with Crippen LogP contribution in [0.1, 0.15) is 57.2 Å². The predicted molar refractivity (Wildman–Crippen MR) is 129 cm³/mol. The lowest BCUT2D eigenvalue weighted by atomic mass is 9.83. The number of benzene rings is 2. The van der Waals surface area contributed by atoms with Crippen molar-refractivity contribution in [3.63, 3.8) is 0 Å². The maximum atomic E-state index is 13.4. The smallest absolute Gasteiger partial charge is 0.417 e. The molecule has 2 aromatic rings. The molecule has 0 saturated carbocycles. The Morgan fingerprint density at radius 1 is 1.23 bits per heavy atom. The molecule has 0 bridgehead atoms. The maximum Gasteiger partial charge on any atom is 0.417 e. The Labute approximate surface area is 208 Å². The lowest BCUT2D eigenvalue weighted by Crippen LogP contribution is -2.51. The minimum atomic E-state index is -4.79. The summed E-state index contributed by atoms with van der Waals surface area (Å²) in [5, 5.41) is 2.34. The zero-order valence-corrected chi connectivity index (χ0v) is 21.4. The standard InChI is InChI=1S/C24H28ClF3N2O4S/c1-5-23(6-2)14-20(17-9-7-8-10-21(17)34-23)29-22(31)15(3)30(35(4,32)33)16-11-12-19(25)18(13-16)24(26,27)28/h7-13,15,20H,5-6,14H2,1-4H3,(H,29,31)/t15-,20+/m1/s1. The van der Waals surface area contributed by atoms with Crippen LogP contribution >= 0.6 is 11.6 Å². The predicted octanol–water partition coefficient (Wildman–Crippen LogP) is 5.71. The highest BCUT2D eigenvalue weighted by molar-refractivity contribution is 7.92. The van der Waals surface area contributed by atoms with E-state index in [0.717, 1.165) is 24.0 Å². The van der Waals surface area contributed by atoms with Crippen LogP contribution in [0.15, 0.2) is 42.5 Å². The summed E-state index contributed by atoms with van der Waals surface area (Å²) in [5.74, 6) is -0.0189. The molecular weight excluding hydrogens is 505 g/mol. The van der Waals surface area contributed by atoms with E-state index in [1.165, 1.54) is 6.92 Å². The van der Waals surface area contributed by atoms with Gasteiger partial charge in [-0.25, -0.2) is 8.42 Å². The van der Waals surface area contributed by atoms with Gasteiger partial charge in [0.2, 0.25) is 15.9 Å². The van der Waals surface area contributed by atoms with Crippen LogP contribution < -0.4 is 14.4 Å². The number of anilines is 1. The summed E-state index contributed by atoms with van der Waals surface area (Å²) in [5.41, 5.74) is -1.26. The van der Waals surface area contributed by atoms with E-state index in [4.69, 9.17) is 16.3 Å². The molecular formula is C24H28ClF3N2O4S. The van der Waals surface area contributed by atoms with Gasteiger partial charge < -0.3 is 10.1 Å². The van der Waals surface area contributed by atoms with E-state index in [9.17, 15) is 26.4 Å². The molecule has 35 heavy (non-hydrogen) atoms. The Kier molecular flexibility index (Phi) is 7.67. The number of alkyl halides is 3. The van der Waals surface area contributed by atoms with E-state index in [2.05, 4.69) is 5.32 Å². The van der Waals surface area contributed by atoms with Crippen LogP contribution in [-0.4, -0.2) is 32.2 Å². The fourth-order valence-corrected chi connectivity index (χ4v) is 5.79. The van der Waals surface area contributed by atoms with Crippen molar-refractivity contribution in [2.75, 3.05) is 10.6 Å². The zero-order valence-electron chi connectivity index (χ0n) is 19.8. The summed E-state index contributed by atoms with van der Waals surface area (Å²) in [6.45, 7) is 5.31. The highest BCUT2D eigenvalue weighted by atomic mass is 35.5. The van der Waals surface area contributed by atoms with E-state index in [1.54, 1.807) is 0 Å². The van der Waals surface area contributed by atoms with Crippen molar-refractivity contribution in [1.82, 2.24) is 5.32 Å². The molecule has 1 aliphatic rings. The Morgan fingerprint density at radius 3 is 2.43 bits per heavy atom. The van der Waals surface area contributed by atoms with Gasteiger partial charge in [-0.3, -0.25) is 9.10 Å². The van der Waals surface area contributed by atoms with E-state index < -0.39 is 50.4 Å². The highest BCUT2D eigenvalue weighted by Crippen LogP contribution is 2.43.